The van der Waals surface area contributed by atoms with E-state index in [9.17, 15) is 0 Å². The van der Waals surface area contributed by atoms with E-state index >= 15 is 4.39 Å². The number of hydrogen-bond acceptors (Lipinski definition) is 3. The minimum atomic E-state index is -0.350. The summed E-state index contributed by atoms with van der Waals surface area (Å²) in [6.45, 7) is 0. The first-order chi connectivity index (χ1) is 18.8. The standard InChI is InChI=1S/C33H21FN4/c34-27-21-24(19-20-30(27)38-28-17-9-7-15-25(28)26-16-8-10-18-29(26)38)33-36-31(22-11-3-1-4-12-22)35-32(37-33)23-13-5-2-6-14-23/h1-21H. The molecule has 0 aliphatic heterocycles. The third kappa shape index (κ3) is 3.73. The van der Waals surface area contributed by atoms with Crippen LogP contribution in [0.3, 0.4) is 0 Å². The van der Waals surface area contributed by atoms with Gasteiger partial charge in [-0.15, -0.1) is 0 Å². The normalized spacial score (nSPS) is 11.3. The van der Waals surface area contributed by atoms with E-state index in [0.29, 0.717) is 28.7 Å². The Morgan fingerprint density at radius 2 is 0.895 bits per heavy atom. The molecule has 7 aromatic rings. The van der Waals surface area contributed by atoms with E-state index in [1.54, 1.807) is 6.07 Å². The Morgan fingerprint density at radius 3 is 1.39 bits per heavy atom. The van der Waals surface area contributed by atoms with Gasteiger partial charge in [-0.2, -0.15) is 0 Å². The zero-order valence-electron chi connectivity index (χ0n) is 20.3. The van der Waals surface area contributed by atoms with Crippen molar-refractivity contribution in [2.75, 3.05) is 0 Å². The van der Waals surface area contributed by atoms with Crippen molar-refractivity contribution in [2.24, 2.45) is 0 Å². The van der Waals surface area contributed by atoms with E-state index < -0.39 is 0 Å². The average molecular weight is 493 g/mol. The highest BCUT2D eigenvalue weighted by molar-refractivity contribution is 6.09. The molecule has 0 N–H and O–H groups in total. The predicted octanol–water partition coefficient (Wildman–Crippen LogP) is 8.11. The van der Waals surface area contributed by atoms with Crippen molar-refractivity contribution in [3.63, 3.8) is 0 Å². The Bertz CT molecular complexity index is 1820. The highest BCUT2D eigenvalue weighted by atomic mass is 19.1. The van der Waals surface area contributed by atoms with Crippen LogP contribution >= 0.6 is 0 Å². The van der Waals surface area contributed by atoms with Crippen LogP contribution in [0, 0.1) is 5.82 Å². The molecule has 0 aliphatic rings. The third-order valence-electron chi connectivity index (χ3n) is 6.73. The molecule has 0 spiro atoms. The molecular weight excluding hydrogens is 471 g/mol. The fourth-order valence-corrected chi connectivity index (χ4v) is 4.95. The molecule has 4 nitrogen and oxygen atoms in total. The van der Waals surface area contributed by atoms with Crippen molar-refractivity contribution in [1.82, 2.24) is 19.5 Å². The first-order valence-electron chi connectivity index (χ1n) is 12.4. The summed E-state index contributed by atoms with van der Waals surface area (Å²) in [5.74, 6) is 1.16. The highest BCUT2D eigenvalue weighted by Crippen LogP contribution is 2.34. The van der Waals surface area contributed by atoms with Gasteiger partial charge in [-0.05, 0) is 30.3 Å². The number of benzene rings is 5. The molecule has 0 saturated heterocycles. The summed E-state index contributed by atoms with van der Waals surface area (Å²) in [6, 6.07) is 40.9. The minimum absolute atomic E-state index is 0.350. The highest BCUT2D eigenvalue weighted by Gasteiger charge is 2.17. The van der Waals surface area contributed by atoms with Gasteiger partial charge >= 0.3 is 0 Å². The van der Waals surface area contributed by atoms with Gasteiger partial charge in [0.1, 0.15) is 5.82 Å². The number of halogens is 1. The second-order valence-electron chi connectivity index (χ2n) is 9.07. The Morgan fingerprint density at radius 1 is 0.447 bits per heavy atom. The summed E-state index contributed by atoms with van der Waals surface area (Å²) in [6.07, 6.45) is 0. The molecule has 0 saturated carbocycles. The average Bonchev–Trinajstić information content (AvgIpc) is 3.32. The summed E-state index contributed by atoms with van der Waals surface area (Å²) < 4.78 is 17.9. The van der Waals surface area contributed by atoms with E-state index in [0.717, 1.165) is 32.9 Å². The molecule has 0 unspecified atom stereocenters. The lowest BCUT2D eigenvalue weighted by Gasteiger charge is -2.12. The monoisotopic (exact) mass is 492 g/mol. The number of para-hydroxylation sites is 2. The van der Waals surface area contributed by atoms with Gasteiger partial charge in [0.25, 0.3) is 0 Å². The summed E-state index contributed by atoms with van der Waals surface area (Å²) in [4.78, 5) is 14.2. The molecule has 5 aromatic carbocycles. The lowest BCUT2D eigenvalue weighted by atomic mass is 10.1. The van der Waals surface area contributed by atoms with Gasteiger partial charge in [0.15, 0.2) is 17.5 Å². The van der Waals surface area contributed by atoms with Gasteiger partial charge in [-0.1, -0.05) is 97.1 Å². The lowest BCUT2D eigenvalue weighted by molar-refractivity contribution is 0.621. The smallest absolute Gasteiger partial charge is 0.164 e. The van der Waals surface area contributed by atoms with Crippen LogP contribution in [-0.2, 0) is 0 Å². The first kappa shape index (κ1) is 22.1. The van der Waals surface area contributed by atoms with Gasteiger partial charge in [-0.3, -0.25) is 0 Å². The zero-order chi connectivity index (χ0) is 25.5. The fraction of sp³-hybridized carbons (Fsp3) is 0. The molecule has 180 valence electrons. The van der Waals surface area contributed by atoms with E-state index in [1.165, 1.54) is 6.07 Å². The molecule has 0 fully saturated rings. The topological polar surface area (TPSA) is 43.6 Å². The van der Waals surface area contributed by atoms with E-state index in [2.05, 4.69) is 12.1 Å². The quantitative estimate of drug-likeness (QED) is 0.249. The van der Waals surface area contributed by atoms with Crippen molar-refractivity contribution >= 4 is 21.8 Å². The largest absolute Gasteiger partial charge is 0.306 e. The van der Waals surface area contributed by atoms with Crippen LogP contribution in [0.2, 0.25) is 0 Å². The maximum absolute atomic E-state index is 15.9. The SMILES string of the molecule is Fc1cc(-c2nc(-c3ccccc3)nc(-c3ccccc3)n2)ccc1-n1c2ccccc2c2ccccc21. The molecule has 0 atom stereocenters. The van der Waals surface area contributed by atoms with Crippen molar-refractivity contribution in [3.8, 4) is 39.9 Å². The van der Waals surface area contributed by atoms with Crippen LogP contribution in [0.5, 0.6) is 0 Å². The predicted molar refractivity (Wildman–Crippen MR) is 150 cm³/mol. The molecule has 2 aromatic heterocycles. The Kier molecular flexibility index (Phi) is 5.26. The Labute approximate surface area is 218 Å². The second-order valence-corrected chi connectivity index (χ2v) is 9.07. The van der Waals surface area contributed by atoms with Gasteiger partial charge in [-0.25, -0.2) is 19.3 Å². The van der Waals surface area contributed by atoms with Crippen LogP contribution in [0.15, 0.2) is 127 Å². The van der Waals surface area contributed by atoms with Crippen molar-refractivity contribution in [3.05, 3.63) is 133 Å². The third-order valence-corrected chi connectivity index (χ3v) is 6.73. The number of rotatable bonds is 4. The lowest BCUT2D eigenvalue weighted by Crippen LogP contribution is -2.02. The van der Waals surface area contributed by atoms with Crippen LogP contribution in [0.4, 0.5) is 4.39 Å². The van der Waals surface area contributed by atoms with E-state index in [1.807, 2.05) is 108 Å². The van der Waals surface area contributed by atoms with Gasteiger partial charge < -0.3 is 4.57 Å². The number of nitrogens with zero attached hydrogens (tertiary/aromatic N) is 4. The van der Waals surface area contributed by atoms with Gasteiger partial charge in [0.05, 0.1) is 16.7 Å². The first-order valence-corrected chi connectivity index (χ1v) is 12.4. The number of hydrogen-bond donors (Lipinski definition) is 0. The van der Waals surface area contributed by atoms with Gasteiger partial charge in [0, 0.05) is 27.5 Å². The van der Waals surface area contributed by atoms with Gasteiger partial charge in [0.2, 0.25) is 0 Å². The summed E-state index contributed by atoms with van der Waals surface area (Å²) in [5.41, 5.74) is 4.72. The molecular formula is C33H21FN4. The number of aromatic nitrogens is 4. The summed E-state index contributed by atoms with van der Waals surface area (Å²) >= 11 is 0. The van der Waals surface area contributed by atoms with Crippen LogP contribution < -0.4 is 0 Å². The molecule has 5 heteroatoms. The molecule has 38 heavy (non-hydrogen) atoms. The van der Waals surface area contributed by atoms with Crippen LogP contribution in [-0.4, -0.2) is 19.5 Å². The molecule has 7 rings (SSSR count). The molecule has 2 heterocycles. The van der Waals surface area contributed by atoms with Crippen molar-refractivity contribution in [2.45, 2.75) is 0 Å². The van der Waals surface area contributed by atoms with Crippen molar-refractivity contribution < 1.29 is 4.39 Å². The Hall–Kier alpha value is -5.16. The second kappa shape index (κ2) is 9.05. The van der Waals surface area contributed by atoms with E-state index in [-0.39, 0.29) is 5.82 Å². The molecule has 0 amide bonds. The van der Waals surface area contributed by atoms with E-state index in [4.69, 9.17) is 15.0 Å². The maximum atomic E-state index is 15.9. The maximum Gasteiger partial charge on any atom is 0.164 e. The summed E-state index contributed by atoms with van der Waals surface area (Å²) in [7, 11) is 0. The zero-order valence-corrected chi connectivity index (χ0v) is 20.3. The van der Waals surface area contributed by atoms with Crippen molar-refractivity contribution in [1.29, 1.82) is 0 Å². The minimum Gasteiger partial charge on any atom is -0.306 e. The molecule has 0 aliphatic carbocycles. The molecule has 0 bridgehead atoms. The van der Waals surface area contributed by atoms with Crippen LogP contribution in [0.1, 0.15) is 0 Å². The fourth-order valence-electron chi connectivity index (χ4n) is 4.95. The van der Waals surface area contributed by atoms with Crippen LogP contribution in [0.25, 0.3) is 61.7 Å². The molecule has 0 radical (unpaired) electrons. The number of fused-ring (bicyclic) bond motifs is 3. The summed E-state index contributed by atoms with van der Waals surface area (Å²) in [5, 5.41) is 2.17. The Balaban J connectivity index is 1.40.